The number of hydrogen-bond acceptors (Lipinski definition) is 2. The van der Waals surface area contributed by atoms with Crippen LogP contribution < -0.4 is 0 Å². The second kappa shape index (κ2) is 36.2. The molecule has 3 heteroatoms. The molecule has 0 radical (unpaired) electrons. The highest BCUT2D eigenvalue weighted by Crippen LogP contribution is 1.99. The van der Waals surface area contributed by atoms with Crippen LogP contribution in [0.1, 0.15) is 97.3 Å². The summed E-state index contributed by atoms with van der Waals surface area (Å²) in [5.74, 6) is -0.715. The largest absolute Gasteiger partial charge is 0.481 e. The van der Waals surface area contributed by atoms with Crippen LogP contribution in [0.2, 0.25) is 0 Å². The van der Waals surface area contributed by atoms with E-state index < -0.39 is 5.97 Å². The summed E-state index contributed by atoms with van der Waals surface area (Å²) in [6.45, 7) is 4.44. The lowest BCUT2D eigenvalue weighted by Crippen LogP contribution is -1.92. The second-order valence-corrected chi connectivity index (χ2v) is 8.52. The van der Waals surface area contributed by atoms with Crippen LogP contribution in [0.5, 0.6) is 0 Å². The fourth-order valence-electron chi connectivity index (χ4n) is 2.95. The minimum absolute atomic E-state index is 0.151. The monoisotopic (exact) mass is 522 g/mol. The minimum atomic E-state index is -0.715. The molecule has 0 amide bonds. The van der Waals surface area contributed by atoms with Gasteiger partial charge in [-0.3, -0.25) is 4.79 Å². The first-order chi connectivity index (χ1) is 18.7. The van der Waals surface area contributed by atoms with E-state index in [9.17, 15) is 4.79 Å². The van der Waals surface area contributed by atoms with Gasteiger partial charge in [0, 0.05) is 6.42 Å². The third-order valence-corrected chi connectivity index (χ3v) is 4.97. The maximum atomic E-state index is 10.3. The molecule has 38 heavy (non-hydrogen) atoms. The van der Waals surface area contributed by atoms with Crippen LogP contribution in [0.25, 0.3) is 0 Å². The number of aliphatic hydroxyl groups is 1. The van der Waals surface area contributed by atoms with Crippen LogP contribution >= 0.6 is 0 Å². The molecule has 0 atom stereocenters. The van der Waals surface area contributed by atoms with Gasteiger partial charge in [0.1, 0.15) is 0 Å². The average molecular weight is 523 g/mol. The van der Waals surface area contributed by atoms with Crippen molar-refractivity contribution in [2.45, 2.75) is 97.3 Å². The first kappa shape index (κ1) is 37.2. The van der Waals surface area contributed by atoms with E-state index in [1.807, 2.05) is 6.08 Å². The van der Waals surface area contributed by atoms with E-state index >= 15 is 0 Å². The summed E-state index contributed by atoms with van der Waals surface area (Å²) in [5, 5.41) is 17.0. The number of rotatable bonds is 22. The van der Waals surface area contributed by atoms with Crippen LogP contribution in [-0.4, -0.2) is 22.8 Å². The van der Waals surface area contributed by atoms with Crippen LogP contribution in [0.15, 0.2) is 109 Å². The summed E-state index contributed by atoms with van der Waals surface area (Å²) in [5.41, 5.74) is 0. The van der Waals surface area contributed by atoms with E-state index in [1.54, 1.807) is 6.08 Å². The molecule has 0 fully saturated rings. The van der Waals surface area contributed by atoms with Gasteiger partial charge in [0.25, 0.3) is 0 Å². The molecule has 0 rings (SSSR count). The van der Waals surface area contributed by atoms with Crippen LogP contribution in [-0.2, 0) is 4.79 Å². The Kier molecular flexibility index (Phi) is 35.5. The van der Waals surface area contributed by atoms with Gasteiger partial charge in [-0.25, -0.2) is 0 Å². The molecule has 3 nitrogen and oxygen atoms in total. The third-order valence-electron chi connectivity index (χ3n) is 4.97. The topological polar surface area (TPSA) is 57.5 Å². The average Bonchev–Trinajstić information content (AvgIpc) is 2.91. The summed E-state index contributed by atoms with van der Waals surface area (Å²) in [6, 6.07) is 0. The van der Waals surface area contributed by atoms with E-state index in [0.29, 0.717) is 0 Å². The van der Waals surface area contributed by atoms with Crippen molar-refractivity contribution in [3.63, 3.8) is 0 Å². The Morgan fingerprint density at radius 1 is 0.474 bits per heavy atom. The molecule has 0 aromatic heterocycles. The number of carboxylic acids is 1. The minimum Gasteiger partial charge on any atom is -0.481 e. The molecule has 0 aliphatic heterocycles. The van der Waals surface area contributed by atoms with Crippen molar-refractivity contribution in [2.75, 3.05) is 6.61 Å². The Bertz CT molecular complexity index is 758. The predicted octanol–water partition coefficient (Wildman–Crippen LogP) is 10.2. The molecule has 2 N–H and O–H groups in total. The standard InChI is InChI=1S/C20H30O2.C15H24O/c1-2-3-4-5-6-7-8-9-10-11-12-13-14-15-16-17-18-19-20(21)22;1-2-3-4-5-6-7-8-9-10-11-12-13-14-15-16/h3-4,6-7,9-10,12-13,15-16H,2,5,8,11,14,17-19H2,1H3,(H,21,22);3-4,6-7,9-10,13-14,16H,2,5,8,11-12,15H2,1H3/b4-3-,7-6-,10-9-,13-12-,16-15-;4-3-,7-6-,10-9-,14-13+. The molecule has 0 unspecified atom stereocenters. The molecule has 0 heterocycles. The molecule has 0 aromatic rings. The number of aliphatic carboxylic acids is 1. The Hall–Kier alpha value is -2.91. The second-order valence-electron chi connectivity index (χ2n) is 8.52. The lowest BCUT2D eigenvalue weighted by atomic mass is 10.2. The number of carboxylic acid groups (broad SMARTS) is 1. The van der Waals surface area contributed by atoms with Gasteiger partial charge < -0.3 is 10.2 Å². The molecule has 0 saturated heterocycles. The van der Waals surface area contributed by atoms with Crippen molar-refractivity contribution in [3.05, 3.63) is 109 Å². The van der Waals surface area contributed by atoms with E-state index in [0.717, 1.165) is 77.0 Å². The maximum Gasteiger partial charge on any atom is 0.303 e. The van der Waals surface area contributed by atoms with E-state index in [1.165, 1.54) is 0 Å². The summed E-state index contributed by atoms with van der Waals surface area (Å²) in [4.78, 5) is 10.3. The highest BCUT2D eigenvalue weighted by Gasteiger charge is 1.92. The zero-order valence-electron chi connectivity index (χ0n) is 24.1. The zero-order chi connectivity index (χ0) is 28.2. The van der Waals surface area contributed by atoms with E-state index in [2.05, 4.69) is 111 Å². The van der Waals surface area contributed by atoms with E-state index in [4.69, 9.17) is 10.2 Å². The fraction of sp³-hybridized carbons (Fsp3) is 0.457. The number of carbonyl (C=O) groups is 1. The molecule has 0 spiro atoms. The van der Waals surface area contributed by atoms with Crippen LogP contribution in [0.4, 0.5) is 0 Å². The maximum absolute atomic E-state index is 10.3. The summed E-state index contributed by atoms with van der Waals surface area (Å²) >= 11 is 0. The van der Waals surface area contributed by atoms with Gasteiger partial charge in [-0.1, -0.05) is 123 Å². The van der Waals surface area contributed by atoms with Crippen LogP contribution in [0, 0.1) is 0 Å². The Balaban J connectivity index is 0. The molecule has 0 aromatic carbocycles. The van der Waals surface area contributed by atoms with Gasteiger partial charge in [-0.15, -0.1) is 0 Å². The predicted molar refractivity (Wildman–Crippen MR) is 168 cm³/mol. The third kappa shape index (κ3) is 40.3. The molecule has 0 aliphatic rings. The highest BCUT2D eigenvalue weighted by atomic mass is 16.4. The normalized spacial score (nSPS) is 12.8. The summed E-state index contributed by atoms with van der Waals surface area (Å²) < 4.78 is 0. The van der Waals surface area contributed by atoms with Crippen LogP contribution in [0.3, 0.4) is 0 Å². The number of hydrogen-bond donors (Lipinski definition) is 2. The quantitative estimate of drug-likeness (QED) is 0.110. The fourth-order valence-corrected chi connectivity index (χ4v) is 2.95. The highest BCUT2D eigenvalue weighted by molar-refractivity contribution is 5.66. The van der Waals surface area contributed by atoms with Crippen molar-refractivity contribution >= 4 is 5.97 Å². The van der Waals surface area contributed by atoms with Gasteiger partial charge in [-0.05, 0) is 77.0 Å². The van der Waals surface area contributed by atoms with Crippen molar-refractivity contribution < 1.29 is 15.0 Å². The van der Waals surface area contributed by atoms with Gasteiger partial charge in [0.05, 0.1) is 6.61 Å². The number of aliphatic hydroxyl groups excluding tert-OH is 1. The summed E-state index contributed by atoms with van der Waals surface area (Å²) in [7, 11) is 0. The lowest BCUT2D eigenvalue weighted by Gasteiger charge is -1.89. The SMILES string of the molecule is CC/C=C\C/C=C\C/C=C\C/C=C\C/C=C\CCCC(=O)O.CC/C=C\C/C=C\C/C=C\CC/C=C/CO. The van der Waals surface area contributed by atoms with Crippen molar-refractivity contribution in [1.82, 2.24) is 0 Å². The molecular weight excluding hydrogens is 468 g/mol. The van der Waals surface area contributed by atoms with Gasteiger partial charge >= 0.3 is 5.97 Å². The smallest absolute Gasteiger partial charge is 0.303 e. The van der Waals surface area contributed by atoms with Gasteiger partial charge in [-0.2, -0.15) is 0 Å². The van der Waals surface area contributed by atoms with Crippen molar-refractivity contribution in [2.24, 2.45) is 0 Å². The van der Waals surface area contributed by atoms with Gasteiger partial charge in [0.15, 0.2) is 0 Å². The van der Waals surface area contributed by atoms with Crippen molar-refractivity contribution in [3.8, 4) is 0 Å². The van der Waals surface area contributed by atoms with Gasteiger partial charge in [0.2, 0.25) is 0 Å². The number of unbranched alkanes of at least 4 members (excludes halogenated alkanes) is 2. The molecule has 0 saturated carbocycles. The number of allylic oxidation sites excluding steroid dienone is 17. The molecule has 0 bridgehead atoms. The molecule has 212 valence electrons. The van der Waals surface area contributed by atoms with Crippen molar-refractivity contribution in [1.29, 1.82) is 0 Å². The van der Waals surface area contributed by atoms with E-state index in [-0.39, 0.29) is 13.0 Å². The zero-order valence-corrected chi connectivity index (χ0v) is 24.1. The summed E-state index contributed by atoms with van der Waals surface area (Å²) in [6.07, 6.45) is 50.6. The molecular formula is C35H54O3. The molecule has 0 aliphatic carbocycles. The lowest BCUT2D eigenvalue weighted by molar-refractivity contribution is -0.137. The Morgan fingerprint density at radius 2 is 0.789 bits per heavy atom. The first-order valence-corrected chi connectivity index (χ1v) is 14.4. The Morgan fingerprint density at radius 3 is 1.13 bits per heavy atom. The Labute approximate surface area is 234 Å². The first-order valence-electron chi connectivity index (χ1n) is 14.4.